The van der Waals surface area contributed by atoms with Crippen molar-refractivity contribution in [3.05, 3.63) is 34.1 Å². The number of aromatic nitrogens is 3. The molecule has 0 aliphatic heterocycles. The van der Waals surface area contributed by atoms with Gasteiger partial charge in [0.05, 0.1) is 10.6 Å². The lowest BCUT2D eigenvalue weighted by molar-refractivity contribution is 0.0697. The highest BCUT2D eigenvalue weighted by atomic mass is 35.5. The Bertz CT molecular complexity index is 818. The first-order chi connectivity index (χ1) is 9.72. The maximum Gasteiger partial charge on any atom is 0.337 e. The van der Waals surface area contributed by atoms with E-state index in [-0.39, 0.29) is 11.0 Å². The maximum absolute atomic E-state index is 12.3. The molecule has 0 radical (unpaired) electrons. The fourth-order valence-electron chi connectivity index (χ4n) is 1.48. The molecule has 112 valence electrons. The van der Waals surface area contributed by atoms with E-state index in [2.05, 4.69) is 14.8 Å². The molecule has 0 amide bonds. The predicted octanol–water partition coefficient (Wildman–Crippen LogP) is 1.62. The molecule has 8 nitrogen and oxygen atoms in total. The highest BCUT2D eigenvalue weighted by Gasteiger charge is 2.25. The molecule has 0 unspecified atom stereocenters. The highest BCUT2D eigenvalue weighted by molar-refractivity contribution is 7.92. The van der Waals surface area contributed by atoms with Crippen molar-refractivity contribution in [2.75, 3.05) is 4.72 Å². The Morgan fingerprint density at radius 3 is 2.57 bits per heavy atom. The van der Waals surface area contributed by atoms with E-state index in [1.165, 1.54) is 11.7 Å². The second-order valence-electron chi connectivity index (χ2n) is 3.88. The number of carbonyl (C=O) groups is 1. The SMILES string of the molecule is Cn1ncnc1NS(=O)(=O)c1cc(Cl)cc(C(=O)O)c1Cl. The molecule has 1 heterocycles. The third-order valence-corrected chi connectivity index (χ3v) is 4.55. The summed E-state index contributed by atoms with van der Waals surface area (Å²) in [4.78, 5) is 14.3. The Labute approximate surface area is 129 Å². The first kappa shape index (κ1) is 15.5. The Kier molecular flexibility index (Phi) is 4.08. The van der Waals surface area contributed by atoms with Crippen molar-refractivity contribution in [1.82, 2.24) is 14.8 Å². The van der Waals surface area contributed by atoms with E-state index in [0.29, 0.717) is 0 Å². The van der Waals surface area contributed by atoms with Gasteiger partial charge in [-0.1, -0.05) is 23.2 Å². The summed E-state index contributed by atoms with van der Waals surface area (Å²) in [5, 5.41) is 12.2. The number of carboxylic acid groups (broad SMARTS) is 1. The van der Waals surface area contributed by atoms with Gasteiger partial charge in [-0.3, -0.25) is 0 Å². The molecule has 1 aromatic heterocycles. The Morgan fingerprint density at radius 2 is 2.05 bits per heavy atom. The van der Waals surface area contributed by atoms with Gasteiger partial charge in [-0.05, 0) is 12.1 Å². The number of hydrogen-bond donors (Lipinski definition) is 2. The molecule has 11 heteroatoms. The van der Waals surface area contributed by atoms with Crippen LogP contribution >= 0.6 is 23.2 Å². The van der Waals surface area contributed by atoms with Crippen molar-refractivity contribution < 1.29 is 18.3 Å². The number of hydrogen-bond acceptors (Lipinski definition) is 5. The summed E-state index contributed by atoms with van der Waals surface area (Å²) < 4.78 is 27.9. The van der Waals surface area contributed by atoms with Crippen LogP contribution in [-0.4, -0.2) is 34.3 Å². The second-order valence-corrected chi connectivity index (χ2v) is 6.35. The van der Waals surface area contributed by atoms with Crippen molar-refractivity contribution in [3.63, 3.8) is 0 Å². The Balaban J connectivity index is 2.55. The minimum absolute atomic E-state index is 0.0529. The zero-order chi connectivity index (χ0) is 15.8. The topological polar surface area (TPSA) is 114 Å². The van der Waals surface area contributed by atoms with Gasteiger partial charge in [-0.25, -0.2) is 22.6 Å². The zero-order valence-electron chi connectivity index (χ0n) is 10.4. The highest BCUT2D eigenvalue weighted by Crippen LogP contribution is 2.30. The van der Waals surface area contributed by atoms with E-state index >= 15 is 0 Å². The standard InChI is InChI=1S/C10H8Cl2N4O4S/c1-16-10(13-4-14-16)15-21(19,20)7-3-5(11)2-6(8(7)12)9(17)18/h2-4H,1H3,(H,17,18)(H,13,14,15). The van der Waals surface area contributed by atoms with Crippen LogP contribution in [0.1, 0.15) is 10.4 Å². The molecule has 0 spiro atoms. The van der Waals surface area contributed by atoms with Crippen molar-refractivity contribution >= 4 is 45.1 Å². The largest absolute Gasteiger partial charge is 0.478 e. The van der Waals surface area contributed by atoms with Gasteiger partial charge in [0.1, 0.15) is 11.2 Å². The number of rotatable bonds is 4. The number of benzene rings is 1. The number of nitrogens with one attached hydrogen (secondary N) is 1. The molecule has 2 N–H and O–H groups in total. The van der Waals surface area contributed by atoms with Gasteiger partial charge in [-0.2, -0.15) is 10.1 Å². The van der Waals surface area contributed by atoms with Crippen LogP contribution in [0.2, 0.25) is 10.0 Å². The van der Waals surface area contributed by atoms with Gasteiger partial charge in [0, 0.05) is 12.1 Å². The number of aromatic carboxylic acids is 1. The number of carboxylic acids is 1. The van der Waals surface area contributed by atoms with E-state index in [4.69, 9.17) is 28.3 Å². The van der Waals surface area contributed by atoms with Crippen molar-refractivity contribution in [1.29, 1.82) is 0 Å². The minimum Gasteiger partial charge on any atom is -0.478 e. The number of aryl methyl sites for hydroxylation is 1. The molecule has 0 saturated carbocycles. The van der Waals surface area contributed by atoms with Gasteiger partial charge in [-0.15, -0.1) is 0 Å². The quantitative estimate of drug-likeness (QED) is 0.865. The summed E-state index contributed by atoms with van der Waals surface area (Å²) >= 11 is 11.6. The third kappa shape index (κ3) is 3.09. The van der Waals surface area contributed by atoms with Gasteiger partial charge in [0.25, 0.3) is 10.0 Å². The van der Waals surface area contributed by atoms with Crippen LogP contribution in [0.5, 0.6) is 0 Å². The zero-order valence-corrected chi connectivity index (χ0v) is 12.7. The monoisotopic (exact) mass is 350 g/mol. The molecular formula is C10H8Cl2N4O4S. The summed E-state index contributed by atoms with van der Waals surface area (Å²) in [6.45, 7) is 0. The van der Waals surface area contributed by atoms with Gasteiger partial charge in [0.15, 0.2) is 0 Å². The summed E-state index contributed by atoms with van der Waals surface area (Å²) in [7, 11) is -2.69. The van der Waals surface area contributed by atoms with E-state index in [1.807, 2.05) is 0 Å². The van der Waals surface area contributed by atoms with E-state index in [0.717, 1.165) is 18.5 Å². The second kappa shape index (κ2) is 5.51. The first-order valence-corrected chi connectivity index (χ1v) is 7.55. The van der Waals surface area contributed by atoms with Crippen LogP contribution in [0.25, 0.3) is 0 Å². The lowest BCUT2D eigenvalue weighted by atomic mass is 10.2. The van der Waals surface area contributed by atoms with Crippen molar-refractivity contribution in [2.24, 2.45) is 7.05 Å². The molecule has 0 saturated heterocycles. The lowest BCUT2D eigenvalue weighted by Gasteiger charge is -2.10. The number of nitrogens with zero attached hydrogens (tertiary/aromatic N) is 3. The molecule has 0 aliphatic carbocycles. The van der Waals surface area contributed by atoms with Gasteiger partial charge >= 0.3 is 5.97 Å². The summed E-state index contributed by atoms with van der Waals surface area (Å²) in [6, 6.07) is 2.11. The van der Waals surface area contributed by atoms with Crippen molar-refractivity contribution in [2.45, 2.75) is 4.90 Å². The van der Waals surface area contributed by atoms with Crippen LogP contribution in [0.4, 0.5) is 5.95 Å². The maximum atomic E-state index is 12.3. The Morgan fingerprint density at radius 1 is 1.38 bits per heavy atom. The molecule has 1 aromatic carbocycles. The van der Waals surface area contributed by atoms with Gasteiger partial charge < -0.3 is 5.11 Å². The van der Waals surface area contributed by atoms with Crippen LogP contribution < -0.4 is 4.72 Å². The average Bonchev–Trinajstić information content (AvgIpc) is 2.76. The summed E-state index contributed by atoms with van der Waals surface area (Å²) in [5.41, 5.74) is -0.414. The van der Waals surface area contributed by atoms with Crippen molar-refractivity contribution in [3.8, 4) is 0 Å². The lowest BCUT2D eigenvalue weighted by Crippen LogP contribution is -2.17. The smallest absolute Gasteiger partial charge is 0.337 e. The summed E-state index contributed by atoms with van der Waals surface area (Å²) in [6.07, 6.45) is 1.15. The minimum atomic E-state index is -4.17. The predicted molar refractivity (Wildman–Crippen MR) is 75.2 cm³/mol. The average molecular weight is 351 g/mol. The summed E-state index contributed by atoms with van der Waals surface area (Å²) in [5.74, 6) is -1.44. The molecule has 2 rings (SSSR count). The molecule has 0 aliphatic rings. The van der Waals surface area contributed by atoms with Crippen LogP contribution in [0.15, 0.2) is 23.4 Å². The number of anilines is 1. The number of sulfonamides is 1. The van der Waals surface area contributed by atoms with Crippen LogP contribution in [-0.2, 0) is 17.1 Å². The molecule has 0 atom stereocenters. The number of halogens is 2. The van der Waals surface area contributed by atoms with E-state index in [9.17, 15) is 13.2 Å². The normalized spacial score (nSPS) is 11.4. The first-order valence-electron chi connectivity index (χ1n) is 5.31. The van der Waals surface area contributed by atoms with E-state index in [1.54, 1.807) is 0 Å². The molecule has 0 bridgehead atoms. The van der Waals surface area contributed by atoms with Crippen LogP contribution in [0.3, 0.4) is 0 Å². The molecule has 21 heavy (non-hydrogen) atoms. The van der Waals surface area contributed by atoms with E-state index < -0.39 is 31.5 Å². The van der Waals surface area contributed by atoms with Gasteiger partial charge in [0.2, 0.25) is 5.95 Å². The fourth-order valence-corrected chi connectivity index (χ4v) is 3.42. The fraction of sp³-hybridized carbons (Fsp3) is 0.100. The molecule has 0 fully saturated rings. The third-order valence-electron chi connectivity index (χ3n) is 2.46. The molecular weight excluding hydrogens is 343 g/mol. The molecule has 2 aromatic rings. The van der Waals surface area contributed by atoms with Crippen LogP contribution in [0, 0.1) is 0 Å². The Hall–Kier alpha value is -1.84.